The van der Waals surface area contributed by atoms with Crippen LogP contribution in [0.1, 0.15) is 30.9 Å². The average molecular weight is 485 g/mol. The lowest BCUT2D eigenvalue weighted by Crippen LogP contribution is -2.26. The smallest absolute Gasteiger partial charge is 0.406 e. The molecule has 0 fully saturated rings. The van der Waals surface area contributed by atoms with Crippen molar-refractivity contribution < 1.29 is 31.1 Å². The molecule has 0 saturated carbocycles. The Morgan fingerprint density at radius 2 is 1.76 bits per heavy atom. The monoisotopic (exact) mass is 485 g/mol. The van der Waals surface area contributed by atoms with Crippen LogP contribution in [0.15, 0.2) is 54.7 Å². The predicted octanol–water partition coefficient (Wildman–Crippen LogP) is 6.87. The molecule has 0 unspecified atom stereocenters. The van der Waals surface area contributed by atoms with E-state index in [0.717, 1.165) is 31.5 Å². The largest absolute Gasteiger partial charge is 0.573 e. The van der Waals surface area contributed by atoms with E-state index in [0.29, 0.717) is 36.3 Å². The SMILES string of the molecule is CCCN(CCCNc1ccnc2cc(C(F)(F)F)ccc12)Cc1cccc(OC(F)(F)F)c1. The summed E-state index contributed by atoms with van der Waals surface area (Å²) in [5, 5.41) is 3.85. The second-order valence-corrected chi connectivity index (χ2v) is 7.84. The van der Waals surface area contributed by atoms with E-state index in [4.69, 9.17) is 0 Å². The highest BCUT2D eigenvalue weighted by atomic mass is 19.4. The van der Waals surface area contributed by atoms with E-state index >= 15 is 0 Å². The van der Waals surface area contributed by atoms with Crippen LogP contribution < -0.4 is 10.1 Å². The molecular formula is C24H25F6N3O. The predicted molar refractivity (Wildman–Crippen MR) is 119 cm³/mol. The normalized spacial score (nSPS) is 12.4. The number of hydrogen-bond donors (Lipinski definition) is 1. The first kappa shape index (κ1) is 25.6. The summed E-state index contributed by atoms with van der Waals surface area (Å²) < 4.78 is 80.3. The van der Waals surface area contributed by atoms with Gasteiger partial charge in [-0.2, -0.15) is 13.2 Å². The molecule has 0 atom stereocenters. The maximum absolute atomic E-state index is 12.9. The Bertz CT molecular complexity index is 1080. The highest BCUT2D eigenvalue weighted by Crippen LogP contribution is 2.32. The summed E-state index contributed by atoms with van der Waals surface area (Å²) in [6, 6.07) is 11.1. The van der Waals surface area contributed by atoms with Crippen LogP contribution in [0.5, 0.6) is 5.75 Å². The van der Waals surface area contributed by atoms with Crippen molar-refractivity contribution in [3.05, 3.63) is 65.9 Å². The Labute approximate surface area is 193 Å². The first-order chi connectivity index (χ1) is 16.0. The van der Waals surface area contributed by atoms with Crippen LogP contribution in [0.25, 0.3) is 10.9 Å². The van der Waals surface area contributed by atoms with Crippen molar-refractivity contribution in [1.29, 1.82) is 0 Å². The van der Waals surface area contributed by atoms with Gasteiger partial charge >= 0.3 is 12.5 Å². The molecule has 10 heteroatoms. The summed E-state index contributed by atoms with van der Waals surface area (Å²) in [6.07, 6.45) is -6.10. The molecule has 0 saturated heterocycles. The summed E-state index contributed by atoms with van der Waals surface area (Å²) in [6.45, 7) is 4.51. The van der Waals surface area contributed by atoms with Crippen LogP contribution in [0.4, 0.5) is 32.0 Å². The molecular weight excluding hydrogens is 460 g/mol. The molecule has 0 spiro atoms. The van der Waals surface area contributed by atoms with Crippen LogP contribution in [0.2, 0.25) is 0 Å². The fourth-order valence-corrected chi connectivity index (χ4v) is 3.69. The molecule has 3 aromatic rings. The van der Waals surface area contributed by atoms with Gasteiger partial charge in [0.25, 0.3) is 0 Å². The average Bonchev–Trinajstić information content (AvgIpc) is 2.75. The number of pyridine rings is 1. The minimum atomic E-state index is -4.74. The van der Waals surface area contributed by atoms with E-state index in [1.54, 1.807) is 12.1 Å². The second kappa shape index (κ2) is 10.9. The molecule has 3 rings (SSSR count). The zero-order valence-electron chi connectivity index (χ0n) is 18.5. The molecule has 1 aromatic heterocycles. The molecule has 1 N–H and O–H groups in total. The lowest BCUT2D eigenvalue weighted by Gasteiger charge is -2.22. The minimum absolute atomic E-state index is 0.249. The quantitative estimate of drug-likeness (QED) is 0.251. The van der Waals surface area contributed by atoms with Gasteiger partial charge < -0.3 is 10.1 Å². The molecule has 0 aliphatic carbocycles. The summed E-state index contributed by atoms with van der Waals surface area (Å²) >= 11 is 0. The molecule has 0 amide bonds. The third kappa shape index (κ3) is 7.51. The van der Waals surface area contributed by atoms with E-state index < -0.39 is 18.1 Å². The Morgan fingerprint density at radius 1 is 0.971 bits per heavy atom. The van der Waals surface area contributed by atoms with Crippen molar-refractivity contribution in [3.8, 4) is 5.75 Å². The van der Waals surface area contributed by atoms with E-state index in [2.05, 4.69) is 19.9 Å². The van der Waals surface area contributed by atoms with E-state index in [-0.39, 0.29) is 11.3 Å². The minimum Gasteiger partial charge on any atom is -0.406 e. The van der Waals surface area contributed by atoms with Crippen LogP contribution in [-0.4, -0.2) is 35.9 Å². The van der Waals surface area contributed by atoms with Gasteiger partial charge in [0.15, 0.2) is 0 Å². The van der Waals surface area contributed by atoms with E-state index in [1.165, 1.54) is 30.5 Å². The van der Waals surface area contributed by atoms with Gasteiger partial charge in [-0.15, -0.1) is 13.2 Å². The van der Waals surface area contributed by atoms with Crippen LogP contribution >= 0.6 is 0 Å². The van der Waals surface area contributed by atoms with Crippen molar-refractivity contribution in [2.45, 2.75) is 38.8 Å². The summed E-state index contributed by atoms with van der Waals surface area (Å²) in [4.78, 5) is 6.18. The third-order valence-electron chi connectivity index (χ3n) is 5.11. The number of benzene rings is 2. The van der Waals surface area contributed by atoms with Gasteiger partial charge in [-0.1, -0.05) is 25.1 Å². The van der Waals surface area contributed by atoms with Crippen molar-refractivity contribution in [3.63, 3.8) is 0 Å². The van der Waals surface area contributed by atoms with Crippen molar-refractivity contribution in [1.82, 2.24) is 9.88 Å². The Hall–Kier alpha value is -3.01. The molecule has 0 bridgehead atoms. The van der Waals surface area contributed by atoms with Gasteiger partial charge in [0.05, 0.1) is 11.1 Å². The van der Waals surface area contributed by atoms with Crippen molar-refractivity contribution >= 4 is 16.6 Å². The number of ether oxygens (including phenoxy) is 1. The van der Waals surface area contributed by atoms with Gasteiger partial charge in [0.1, 0.15) is 5.75 Å². The Kier molecular flexibility index (Phi) is 8.24. The molecule has 0 radical (unpaired) electrons. The zero-order chi connectivity index (χ0) is 24.8. The Morgan fingerprint density at radius 3 is 2.47 bits per heavy atom. The van der Waals surface area contributed by atoms with Gasteiger partial charge in [-0.25, -0.2) is 0 Å². The molecule has 2 aromatic carbocycles. The summed E-state index contributed by atoms with van der Waals surface area (Å²) in [7, 11) is 0. The number of nitrogens with one attached hydrogen (secondary N) is 1. The molecule has 34 heavy (non-hydrogen) atoms. The van der Waals surface area contributed by atoms with Gasteiger partial charge in [0.2, 0.25) is 0 Å². The lowest BCUT2D eigenvalue weighted by molar-refractivity contribution is -0.274. The summed E-state index contributed by atoms with van der Waals surface area (Å²) in [5.41, 5.74) is 0.916. The highest BCUT2D eigenvalue weighted by molar-refractivity contribution is 5.91. The van der Waals surface area contributed by atoms with Crippen LogP contribution in [-0.2, 0) is 12.7 Å². The van der Waals surface area contributed by atoms with E-state index in [1.807, 2.05) is 6.92 Å². The molecule has 0 aliphatic heterocycles. The second-order valence-electron chi connectivity index (χ2n) is 7.84. The number of aromatic nitrogens is 1. The fraction of sp³-hybridized carbons (Fsp3) is 0.375. The maximum Gasteiger partial charge on any atom is 0.573 e. The number of halogens is 6. The maximum atomic E-state index is 12.9. The first-order valence-corrected chi connectivity index (χ1v) is 10.8. The lowest BCUT2D eigenvalue weighted by atomic mass is 10.1. The van der Waals surface area contributed by atoms with Gasteiger partial charge in [-0.05, 0) is 55.3 Å². The number of nitrogens with zero attached hydrogens (tertiary/aromatic N) is 2. The summed E-state index contributed by atoms with van der Waals surface area (Å²) in [5.74, 6) is -0.249. The topological polar surface area (TPSA) is 37.4 Å². The number of alkyl halides is 6. The van der Waals surface area contributed by atoms with Gasteiger partial charge in [-0.3, -0.25) is 9.88 Å². The van der Waals surface area contributed by atoms with Crippen molar-refractivity contribution in [2.24, 2.45) is 0 Å². The van der Waals surface area contributed by atoms with E-state index in [9.17, 15) is 26.3 Å². The number of fused-ring (bicyclic) bond motifs is 1. The highest BCUT2D eigenvalue weighted by Gasteiger charge is 2.31. The first-order valence-electron chi connectivity index (χ1n) is 10.8. The Balaban J connectivity index is 1.58. The number of anilines is 1. The molecule has 1 heterocycles. The van der Waals surface area contributed by atoms with Crippen LogP contribution in [0.3, 0.4) is 0 Å². The molecule has 4 nitrogen and oxygen atoms in total. The number of hydrogen-bond acceptors (Lipinski definition) is 4. The van der Waals surface area contributed by atoms with Crippen LogP contribution in [0, 0.1) is 0 Å². The van der Waals surface area contributed by atoms with Gasteiger partial charge in [0, 0.05) is 36.9 Å². The standard InChI is InChI=1S/C24H25F6N3O/c1-2-12-33(16-17-5-3-6-19(14-17)34-24(28,29)30)13-4-10-31-21-9-11-32-22-15-18(23(25,26)27)7-8-20(21)22/h3,5-9,11,14-15H,2,4,10,12-13,16H2,1H3,(H,31,32). The molecule has 184 valence electrons. The number of rotatable bonds is 10. The fourth-order valence-electron chi connectivity index (χ4n) is 3.69. The third-order valence-corrected chi connectivity index (χ3v) is 5.11. The van der Waals surface area contributed by atoms with Crippen molar-refractivity contribution in [2.75, 3.05) is 25.0 Å². The molecule has 0 aliphatic rings. The zero-order valence-corrected chi connectivity index (χ0v) is 18.5.